The predicted octanol–water partition coefficient (Wildman–Crippen LogP) is 4.25. The average Bonchev–Trinajstić information content (AvgIpc) is 2.55. The van der Waals surface area contributed by atoms with Crippen molar-refractivity contribution in [2.24, 2.45) is 0 Å². The molecule has 0 fully saturated rings. The first kappa shape index (κ1) is 14.3. The molecule has 19 heavy (non-hydrogen) atoms. The van der Waals surface area contributed by atoms with E-state index in [1.165, 1.54) is 11.3 Å². The van der Waals surface area contributed by atoms with Crippen molar-refractivity contribution >= 4 is 46.1 Å². The fraction of sp³-hybridized carbons (Fsp3) is 0.231. The molecular weight excluding hydrogens is 303 g/mol. The summed E-state index contributed by atoms with van der Waals surface area (Å²) < 4.78 is 0. The third-order valence-corrected chi connectivity index (χ3v) is 3.98. The minimum Gasteiger partial charge on any atom is -0.326 e. The van der Waals surface area contributed by atoms with Gasteiger partial charge in [0.05, 0.1) is 17.1 Å². The third kappa shape index (κ3) is 3.93. The number of hydrogen-bond acceptors (Lipinski definition) is 3. The highest BCUT2D eigenvalue weighted by Crippen LogP contribution is 2.23. The maximum absolute atomic E-state index is 11.9. The van der Waals surface area contributed by atoms with Crippen LogP contribution in [-0.4, -0.2) is 10.9 Å². The van der Waals surface area contributed by atoms with Crippen molar-refractivity contribution < 1.29 is 4.79 Å². The van der Waals surface area contributed by atoms with E-state index in [1.807, 2.05) is 13.8 Å². The van der Waals surface area contributed by atoms with Crippen LogP contribution in [0.15, 0.2) is 18.2 Å². The molecule has 0 aliphatic rings. The van der Waals surface area contributed by atoms with Crippen molar-refractivity contribution in [3.05, 3.63) is 43.8 Å². The van der Waals surface area contributed by atoms with Gasteiger partial charge in [0.25, 0.3) is 0 Å². The molecule has 6 heteroatoms. The van der Waals surface area contributed by atoms with E-state index in [9.17, 15) is 4.79 Å². The lowest BCUT2D eigenvalue weighted by Gasteiger charge is -2.05. The van der Waals surface area contributed by atoms with Crippen LogP contribution in [0.5, 0.6) is 0 Å². The fourth-order valence-electron chi connectivity index (χ4n) is 1.71. The number of nitrogens with one attached hydrogen (secondary N) is 1. The fourth-order valence-corrected chi connectivity index (χ4v) is 3.18. The lowest BCUT2D eigenvalue weighted by molar-refractivity contribution is -0.115. The molecule has 0 saturated heterocycles. The number of benzene rings is 1. The molecule has 1 aromatic heterocycles. The first-order chi connectivity index (χ1) is 8.94. The van der Waals surface area contributed by atoms with Crippen LogP contribution < -0.4 is 5.32 Å². The lowest BCUT2D eigenvalue weighted by atomic mass is 10.2. The summed E-state index contributed by atoms with van der Waals surface area (Å²) in [4.78, 5) is 17.2. The summed E-state index contributed by atoms with van der Waals surface area (Å²) in [7, 11) is 0. The molecule has 0 radical (unpaired) electrons. The smallest absolute Gasteiger partial charge is 0.229 e. The van der Waals surface area contributed by atoms with Crippen molar-refractivity contribution in [2.45, 2.75) is 20.3 Å². The summed E-state index contributed by atoms with van der Waals surface area (Å²) in [6.07, 6.45) is 0.307. The normalized spacial score (nSPS) is 10.5. The van der Waals surface area contributed by atoms with E-state index in [1.54, 1.807) is 18.2 Å². The minimum absolute atomic E-state index is 0.106. The van der Waals surface area contributed by atoms with Gasteiger partial charge in [0.15, 0.2) is 0 Å². The van der Waals surface area contributed by atoms with Crippen LogP contribution >= 0.6 is 34.5 Å². The van der Waals surface area contributed by atoms with Gasteiger partial charge < -0.3 is 5.32 Å². The molecule has 3 nitrogen and oxygen atoms in total. The Balaban J connectivity index is 2.07. The number of anilines is 1. The number of carbonyl (C=O) groups is 1. The third-order valence-electron chi connectivity index (χ3n) is 2.47. The summed E-state index contributed by atoms with van der Waals surface area (Å²) in [5, 5.41) is 4.73. The molecule has 0 aliphatic carbocycles. The topological polar surface area (TPSA) is 42.0 Å². The van der Waals surface area contributed by atoms with E-state index < -0.39 is 0 Å². The van der Waals surface area contributed by atoms with Gasteiger partial charge >= 0.3 is 0 Å². The Bertz CT molecular complexity index is 605. The monoisotopic (exact) mass is 314 g/mol. The van der Waals surface area contributed by atoms with Gasteiger partial charge in [-0.25, -0.2) is 4.98 Å². The highest BCUT2D eigenvalue weighted by molar-refractivity contribution is 7.11. The molecule has 0 atom stereocenters. The second-order valence-electron chi connectivity index (χ2n) is 4.12. The molecule has 0 bridgehead atoms. The standard InChI is InChI=1S/C13H12Cl2N2OS/c1-7-12(19-8(2)16-7)6-13(18)17-11-4-9(14)3-10(15)5-11/h3-5H,6H2,1-2H3,(H,17,18). The number of aromatic nitrogens is 1. The molecule has 1 heterocycles. The first-order valence-electron chi connectivity index (χ1n) is 5.63. The van der Waals surface area contributed by atoms with Crippen molar-refractivity contribution in [2.75, 3.05) is 5.32 Å². The Morgan fingerprint density at radius 2 is 1.89 bits per heavy atom. The van der Waals surface area contributed by atoms with Gasteiger partial charge in [0.2, 0.25) is 5.91 Å². The van der Waals surface area contributed by atoms with Gasteiger partial charge in [0, 0.05) is 20.6 Å². The highest BCUT2D eigenvalue weighted by atomic mass is 35.5. The van der Waals surface area contributed by atoms with Gasteiger partial charge in [-0.2, -0.15) is 0 Å². The number of rotatable bonds is 3. The number of halogens is 2. The van der Waals surface area contributed by atoms with Crippen LogP contribution in [0.4, 0.5) is 5.69 Å². The average molecular weight is 315 g/mol. The zero-order valence-corrected chi connectivity index (χ0v) is 12.8. The maximum atomic E-state index is 11.9. The Morgan fingerprint density at radius 3 is 2.42 bits per heavy atom. The van der Waals surface area contributed by atoms with E-state index in [4.69, 9.17) is 23.2 Å². The largest absolute Gasteiger partial charge is 0.326 e. The van der Waals surface area contributed by atoms with E-state index in [0.29, 0.717) is 22.2 Å². The van der Waals surface area contributed by atoms with Crippen molar-refractivity contribution in [1.82, 2.24) is 4.98 Å². The van der Waals surface area contributed by atoms with E-state index in [2.05, 4.69) is 10.3 Å². The number of amides is 1. The highest BCUT2D eigenvalue weighted by Gasteiger charge is 2.11. The van der Waals surface area contributed by atoms with Crippen LogP contribution in [0.3, 0.4) is 0 Å². The van der Waals surface area contributed by atoms with E-state index in [0.717, 1.165) is 15.6 Å². The molecule has 1 N–H and O–H groups in total. The molecule has 2 aromatic rings. The summed E-state index contributed by atoms with van der Waals surface area (Å²) >= 11 is 13.3. The molecule has 2 rings (SSSR count). The second kappa shape index (κ2) is 5.90. The molecule has 0 spiro atoms. The van der Waals surface area contributed by atoms with E-state index in [-0.39, 0.29) is 5.91 Å². The lowest BCUT2D eigenvalue weighted by Crippen LogP contribution is -2.14. The first-order valence-corrected chi connectivity index (χ1v) is 7.20. The minimum atomic E-state index is -0.106. The van der Waals surface area contributed by atoms with Gasteiger partial charge in [-0.1, -0.05) is 23.2 Å². The molecule has 1 aromatic carbocycles. The maximum Gasteiger partial charge on any atom is 0.229 e. The second-order valence-corrected chi connectivity index (χ2v) is 6.29. The van der Waals surface area contributed by atoms with Crippen molar-refractivity contribution in [3.8, 4) is 0 Å². The van der Waals surface area contributed by atoms with Crippen molar-refractivity contribution in [3.63, 3.8) is 0 Å². The van der Waals surface area contributed by atoms with Gasteiger partial charge in [-0.05, 0) is 32.0 Å². The Hall–Kier alpha value is -1.10. The van der Waals surface area contributed by atoms with Crippen LogP contribution in [0.25, 0.3) is 0 Å². The number of thiazole rings is 1. The molecule has 0 unspecified atom stereocenters. The number of nitrogens with zero attached hydrogens (tertiary/aromatic N) is 1. The molecule has 0 aliphatic heterocycles. The summed E-state index contributed by atoms with van der Waals surface area (Å²) in [6, 6.07) is 4.95. The van der Waals surface area contributed by atoms with Gasteiger partial charge in [-0.3, -0.25) is 4.79 Å². The predicted molar refractivity (Wildman–Crippen MR) is 80.4 cm³/mol. The molecular formula is C13H12Cl2N2OS. The van der Waals surface area contributed by atoms with Crippen LogP contribution in [0.1, 0.15) is 15.6 Å². The quantitative estimate of drug-likeness (QED) is 0.920. The summed E-state index contributed by atoms with van der Waals surface area (Å²) in [5.74, 6) is -0.106. The zero-order chi connectivity index (χ0) is 14.0. The molecule has 1 amide bonds. The van der Waals surface area contributed by atoms with Crippen LogP contribution in [0, 0.1) is 13.8 Å². The number of hydrogen-bond donors (Lipinski definition) is 1. The Labute approximate surface area is 125 Å². The van der Waals surface area contributed by atoms with Crippen LogP contribution in [-0.2, 0) is 11.2 Å². The Kier molecular flexibility index (Phi) is 4.45. The molecule has 100 valence electrons. The van der Waals surface area contributed by atoms with Crippen LogP contribution in [0.2, 0.25) is 10.0 Å². The summed E-state index contributed by atoms with van der Waals surface area (Å²) in [6.45, 7) is 3.83. The molecule has 0 saturated carbocycles. The summed E-state index contributed by atoms with van der Waals surface area (Å²) in [5.41, 5.74) is 1.50. The number of carbonyl (C=O) groups excluding carboxylic acids is 1. The Morgan fingerprint density at radius 1 is 1.26 bits per heavy atom. The SMILES string of the molecule is Cc1nc(C)c(CC(=O)Nc2cc(Cl)cc(Cl)c2)s1. The van der Waals surface area contributed by atoms with Gasteiger partial charge in [-0.15, -0.1) is 11.3 Å². The number of aryl methyl sites for hydroxylation is 2. The van der Waals surface area contributed by atoms with E-state index >= 15 is 0 Å². The zero-order valence-electron chi connectivity index (χ0n) is 10.5. The van der Waals surface area contributed by atoms with Gasteiger partial charge in [0.1, 0.15) is 0 Å². The van der Waals surface area contributed by atoms with Crippen molar-refractivity contribution in [1.29, 1.82) is 0 Å².